The molecule has 0 aliphatic heterocycles. The van der Waals surface area contributed by atoms with Gasteiger partial charge in [-0.2, -0.15) is 10.4 Å². The summed E-state index contributed by atoms with van der Waals surface area (Å²) >= 11 is 12.2. The van der Waals surface area contributed by atoms with Gasteiger partial charge in [0.2, 0.25) is 0 Å². The van der Waals surface area contributed by atoms with Crippen LogP contribution in [0.4, 0.5) is 5.69 Å². The summed E-state index contributed by atoms with van der Waals surface area (Å²) in [7, 11) is 0. The summed E-state index contributed by atoms with van der Waals surface area (Å²) in [4.78, 5) is 16.8. The van der Waals surface area contributed by atoms with E-state index in [2.05, 4.69) is 15.4 Å². The van der Waals surface area contributed by atoms with E-state index in [0.29, 0.717) is 22.0 Å². The summed E-state index contributed by atoms with van der Waals surface area (Å²) in [5, 5.41) is 17.5. The molecule has 4 rings (SSSR count). The number of hydrogen-bond acceptors (Lipinski definition) is 4. The van der Waals surface area contributed by atoms with Crippen LogP contribution in [0.5, 0.6) is 0 Å². The molecule has 1 amide bonds. The number of nitriles is 1. The van der Waals surface area contributed by atoms with E-state index < -0.39 is 5.91 Å². The number of aromatic nitrogens is 3. The molecule has 0 aliphatic rings. The Morgan fingerprint density at radius 3 is 2.50 bits per heavy atom. The average molecular weight is 460 g/mol. The molecule has 0 unspecified atom stereocenters. The molecule has 0 atom stereocenters. The molecule has 2 aromatic heterocycles. The lowest BCUT2D eigenvalue weighted by molar-refractivity contribution is -0.112. The molecule has 2 heterocycles. The number of nitrogens with zero attached hydrogens (tertiary/aromatic N) is 4. The van der Waals surface area contributed by atoms with Gasteiger partial charge in [-0.25, -0.2) is 4.68 Å². The fraction of sp³-hybridized carbons (Fsp3) is 0. The maximum Gasteiger partial charge on any atom is 0.266 e. The number of halogens is 2. The summed E-state index contributed by atoms with van der Waals surface area (Å²) in [6.45, 7) is 0. The SMILES string of the molecule is N#C/C(=C\c1cn(-c2ccccc2)nc1-c1ccncc1)C(=O)Nc1cccc(Cl)c1Cl. The third-order valence-electron chi connectivity index (χ3n) is 4.58. The maximum absolute atomic E-state index is 12.8. The molecule has 156 valence electrons. The number of rotatable bonds is 5. The van der Waals surface area contributed by atoms with Crippen molar-refractivity contribution in [2.45, 2.75) is 0 Å². The molecule has 0 saturated carbocycles. The number of amides is 1. The third kappa shape index (κ3) is 4.54. The Balaban J connectivity index is 1.75. The summed E-state index contributed by atoms with van der Waals surface area (Å²) in [5.74, 6) is -0.607. The van der Waals surface area contributed by atoms with E-state index in [4.69, 9.17) is 23.2 Å². The minimum atomic E-state index is -0.607. The molecule has 0 radical (unpaired) electrons. The lowest BCUT2D eigenvalue weighted by Crippen LogP contribution is -2.13. The number of nitrogens with one attached hydrogen (secondary N) is 1. The van der Waals surface area contributed by atoms with Crippen LogP contribution in [0.15, 0.2) is 84.8 Å². The lowest BCUT2D eigenvalue weighted by Gasteiger charge is -2.07. The Hall–Kier alpha value is -3.92. The van der Waals surface area contributed by atoms with E-state index in [1.807, 2.05) is 48.5 Å². The molecule has 0 aliphatic carbocycles. The first-order valence-corrected chi connectivity index (χ1v) is 10.2. The highest BCUT2D eigenvalue weighted by Gasteiger charge is 2.16. The van der Waals surface area contributed by atoms with Crippen LogP contribution >= 0.6 is 23.2 Å². The van der Waals surface area contributed by atoms with Gasteiger partial charge < -0.3 is 5.32 Å². The van der Waals surface area contributed by atoms with Crippen molar-refractivity contribution in [1.82, 2.24) is 14.8 Å². The summed E-state index contributed by atoms with van der Waals surface area (Å²) in [6.07, 6.45) is 6.57. The van der Waals surface area contributed by atoms with E-state index in [0.717, 1.165) is 11.3 Å². The van der Waals surface area contributed by atoms with Gasteiger partial charge in [0, 0.05) is 29.7 Å². The van der Waals surface area contributed by atoms with E-state index in [1.165, 1.54) is 6.08 Å². The third-order valence-corrected chi connectivity index (χ3v) is 5.40. The zero-order chi connectivity index (χ0) is 22.5. The number of hydrogen-bond donors (Lipinski definition) is 1. The minimum absolute atomic E-state index is 0.107. The van der Waals surface area contributed by atoms with Gasteiger partial charge in [-0.05, 0) is 42.5 Å². The fourth-order valence-corrected chi connectivity index (χ4v) is 3.38. The normalized spacial score (nSPS) is 11.1. The summed E-state index contributed by atoms with van der Waals surface area (Å²) < 4.78 is 1.70. The van der Waals surface area contributed by atoms with Gasteiger partial charge in [0.15, 0.2) is 0 Å². The number of para-hydroxylation sites is 1. The number of carbonyl (C=O) groups is 1. The first kappa shape index (κ1) is 21.3. The smallest absolute Gasteiger partial charge is 0.266 e. The fourth-order valence-electron chi connectivity index (χ4n) is 3.03. The number of carbonyl (C=O) groups excluding carboxylic acids is 1. The highest BCUT2D eigenvalue weighted by Crippen LogP contribution is 2.30. The van der Waals surface area contributed by atoms with Gasteiger partial charge in [0.1, 0.15) is 17.3 Å². The van der Waals surface area contributed by atoms with Crippen molar-refractivity contribution in [2.75, 3.05) is 5.32 Å². The quantitative estimate of drug-likeness (QED) is 0.302. The molecule has 0 spiro atoms. The molecule has 32 heavy (non-hydrogen) atoms. The zero-order valence-corrected chi connectivity index (χ0v) is 18.0. The second-order valence-electron chi connectivity index (χ2n) is 6.67. The topological polar surface area (TPSA) is 83.6 Å². The van der Waals surface area contributed by atoms with E-state index in [-0.39, 0.29) is 10.6 Å². The predicted molar refractivity (Wildman–Crippen MR) is 125 cm³/mol. The van der Waals surface area contributed by atoms with Crippen molar-refractivity contribution in [1.29, 1.82) is 5.26 Å². The van der Waals surface area contributed by atoms with Crippen molar-refractivity contribution in [3.8, 4) is 23.0 Å². The molecule has 0 saturated heterocycles. The Bertz CT molecular complexity index is 1340. The van der Waals surface area contributed by atoms with Crippen molar-refractivity contribution >= 4 is 40.9 Å². The van der Waals surface area contributed by atoms with E-state index in [1.54, 1.807) is 41.5 Å². The van der Waals surface area contributed by atoms with E-state index in [9.17, 15) is 10.1 Å². The molecule has 8 heteroatoms. The van der Waals surface area contributed by atoms with Crippen LogP contribution < -0.4 is 5.32 Å². The lowest BCUT2D eigenvalue weighted by atomic mass is 10.1. The van der Waals surface area contributed by atoms with Gasteiger partial charge in [-0.15, -0.1) is 0 Å². The van der Waals surface area contributed by atoms with Crippen molar-refractivity contribution < 1.29 is 4.79 Å². The van der Waals surface area contributed by atoms with Crippen molar-refractivity contribution in [2.24, 2.45) is 0 Å². The van der Waals surface area contributed by atoms with Crippen molar-refractivity contribution in [3.63, 3.8) is 0 Å². The largest absolute Gasteiger partial charge is 0.320 e. The number of pyridine rings is 1. The highest BCUT2D eigenvalue weighted by atomic mass is 35.5. The van der Waals surface area contributed by atoms with Crippen LogP contribution in [0.25, 0.3) is 23.0 Å². The van der Waals surface area contributed by atoms with Crippen LogP contribution in [-0.4, -0.2) is 20.7 Å². The van der Waals surface area contributed by atoms with Crippen LogP contribution in [-0.2, 0) is 4.79 Å². The second kappa shape index (κ2) is 9.48. The van der Waals surface area contributed by atoms with Crippen LogP contribution in [0.2, 0.25) is 10.0 Å². The molecule has 1 N–H and O–H groups in total. The van der Waals surface area contributed by atoms with Gasteiger partial charge in [0.25, 0.3) is 5.91 Å². The molecule has 6 nitrogen and oxygen atoms in total. The first-order chi connectivity index (χ1) is 15.6. The number of anilines is 1. The summed E-state index contributed by atoms with van der Waals surface area (Å²) in [6, 6.07) is 20.0. The van der Waals surface area contributed by atoms with Gasteiger partial charge in [0.05, 0.1) is 21.4 Å². The molecule has 0 fully saturated rings. The van der Waals surface area contributed by atoms with Crippen LogP contribution in [0, 0.1) is 11.3 Å². The highest BCUT2D eigenvalue weighted by molar-refractivity contribution is 6.44. The Morgan fingerprint density at radius 1 is 1.03 bits per heavy atom. The van der Waals surface area contributed by atoms with Gasteiger partial charge in [-0.3, -0.25) is 9.78 Å². The molecule has 4 aromatic rings. The monoisotopic (exact) mass is 459 g/mol. The minimum Gasteiger partial charge on any atom is -0.320 e. The maximum atomic E-state index is 12.8. The number of benzene rings is 2. The summed E-state index contributed by atoms with van der Waals surface area (Å²) in [5.41, 5.74) is 3.07. The Morgan fingerprint density at radius 2 is 1.78 bits per heavy atom. The molecular formula is C24H15Cl2N5O. The van der Waals surface area contributed by atoms with Crippen LogP contribution in [0.1, 0.15) is 5.56 Å². The van der Waals surface area contributed by atoms with Crippen molar-refractivity contribution in [3.05, 3.63) is 100 Å². The average Bonchev–Trinajstić information content (AvgIpc) is 3.25. The second-order valence-corrected chi connectivity index (χ2v) is 7.46. The molecule has 2 aromatic carbocycles. The van der Waals surface area contributed by atoms with Gasteiger partial charge in [-0.1, -0.05) is 47.5 Å². The molecular weight excluding hydrogens is 445 g/mol. The van der Waals surface area contributed by atoms with Gasteiger partial charge >= 0.3 is 0 Å². The Kier molecular flexibility index (Phi) is 6.31. The predicted octanol–water partition coefficient (Wildman–Crippen LogP) is 5.79. The van der Waals surface area contributed by atoms with Crippen LogP contribution in [0.3, 0.4) is 0 Å². The van der Waals surface area contributed by atoms with E-state index >= 15 is 0 Å². The zero-order valence-electron chi connectivity index (χ0n) is 16.5. The first-order valence-electron chi connectivity index (χ1n) is 9.49. The molecule has 0 bridgehead atoms. The Labute approximate surface area is 194 Å². The standard InChI is InChI=1S/C24H15Cl2N5O/c25-20-7-4-8-21(22(20)26)29-24(32)17(14-27)13-18-15-31(19-5-2-1-3-6-19)30-23(18)16-9-11-28-12-10-16/h1-13,15H,(H,29,32)/b17-13+.